The van der Waals surface area contributed by atoms with E-state index >= 15 is 0 Å². The van der Waals surface area contributed by atoms with Gasteiger partial charge in [0.25, 0.3) is 0 Å². The van der Waals surface area contributed by atoms with Crippen LogP contribution in [0.3, 0.4) is 0 Å². The largest absolute Gasteiger partial charge is 0.327 e. The lowest BCUT2D eigenvalue weighted by atomic mass is 10.0. The Labute approximate surface area is 142 Å². The second-order valence-corrected chi connectivity index (χ2v) is 6.31. The van der Waals surface area contributed by atoms with E-state index in [0.717, 1.165) is 53.4 Å². The molecule has 0 aliphatic carbocycles. The highest BCUT2D eigenvalue weighted by atomic mass is 19.1. The summed E-state index contributed by atoms with van der Waals surface area (Å²) in [7, 11) is 0. The number of fused-ring (bicyclic) bond motifs is 2. The maximum absolute atomic E-state index is 13.7. The lowest BCUT2D eigenvalue weighted by molar-refractivity contribution is 0.584. The first kappa shape index (κ1) is 14.3. The molecule has 0 atom stereocenters. The molecule has 1 N–H and O–H groups in total. The zero-order valence-corrected chi connectivity index (χ0v) is 13.3. The van der Waals surface area contributed by atoms with Crippen molar-refractivity contribution in [2.45, 2.75) is 19.4 Å². The molecule has 3 heterocycles. The summed E-state index contributed by atoms with van der Waals surface area (Å²) in [5, 5.41) is 8.04. The number of aromatic amines is 1. The Bertz CT molecular complexity index is 1090. The topological polar surface area (TPSA) is 46.5 Å². The molecule has 0 bridgehead atoms. The highest BCUT2D eigenvalue weighted by Crippen LogP contribution is 2.37. The van der Waals surface area contributed by atoms with E-state index in [-0.39, 0.29) is 0 Å². The Hall–Kier alpha value is -3.02. The average Bonchev–Trinajstić information content (AvgIpc) is 3.28. The van der Waals surface area contributed by atoms with Gasteiger partial charge < -0.3 is 4.57 Å². The summed E-state index contributed by atoms with van der Waals surface area (Å²) < 4.78 is 29.6. The van der Waals surface area contributed by atoms with Gasteiger partial charge in [-0.05, 0) is 24.6 Å². The van der Waals surface area contributed by atoms with Crippen molar-refractivity contribution in [3.8, 4) is 22.5 Å². The molecule has 1 aliphatic rings. The third-order valence-corrected chi connectivity index (χ3v) is 4.68. The van der Waals surface area contributed by atoms with Crippen LogP contribution in [0.4, 0.5) is 8.78 Å². The molecule has 1 aliphatic heterocycles. The lowest BCUT2D eigenvalue weighted by Gasteiger charge is -2.09. The SMILES string of the molecule is Fc1cc(F)cc(-c2nc3n(c2-c2ccc4cn[nH]c4c2)CCC3)c1. The maximum Gasteiger partial charge on any atom is 0.126 e. The fraction of sp³-hybridized carbons (Fsp3) is 0.158. The number of imidazole rings is 1. The summed E-state index contributed by atoms with van der Waals surface area (Å²) in [6.07, 6.45) is 3.67. The highest BCUT2D eigenvalue weighted by molar-refractivity contribution is 5.87. The molecule has 2 aromatic heterocycles. The van der Waals surface area contributed by atoms with Crippen LogP contribution in [-0.4, -0.2) is 19.7 Å². The monoisotopic (exact) mass is 336 g/mol. The third kappa shape index (κ3) is 2.25. The zero-order chi connectivity index (χ0) is 17.0. The van der Waals surface area contributed by atoms with Crippen molar-refractivity contribution in [2.75, 3.05) is 0 Å². The fourth-order valence-electron chi connectivity index (χ4n) is 3.59. The molecule has 4 nitrogen and oxygen atoms in total. The van der Waals surface area contributed by atoms with Gasteiger partial charge in [0, 0.05) is 35.5 Å². The number of aromatic nitrogens is 4. The van der Waals surface area contributed by atoms with Gasteiger partial charge in [0.2, 0.25) is 0 Å². The molecule has 0 saturated carbocycles. The Morgan fingerprint density at radius 3 is 2.68 bits per heavy atom. The van der Waals surface area contributed by atoms with Crippen LogP contribution in [0.2, 0.25) is 0 Å². The van der Waals surface area contributed by atoms with E-state index < -0.39 is 11.6 Å². The van der Waals surface area contributed by atoms with Crippen molar-refractivity contribution in [1.29, 1.82) is 0 Å². The van der Waals surface area contributed by atoms with Crippen LogP contribution in [0.25, 0.3) is 33.4 Å². The van der Waals surface area contributed by atoms with Crippen LogP contribution in [-0.2, 0) is 13.0 Å². The Morgan fingerprint density at radius 2 is 1.84 bits per heavy atom. The Balaban J connectivity index is 1.77. The average molecular weight is 336 g/mol. The van der Waals surface area contributed by atoms with Crippen molar-refractivity contribution in [1.82, 2.24) is 19.7 Å². The fourth-order valence-corrected chi connectivity index (χ4v) is 3.59. The molecule has 0 spiro atoms. The molecule has 25 heavy (non-hydrogen) atoms. The number of hydrogen-bond donors (Lipinski definition) is 1. The highest BCUT2D eigenvalue weighted by Gasteiger charge is 2.24. The van der Waals surface area contributed by atoms with E-state index in [1.54, 1.807) is 6.20 Å². The smallest absolute Gasteiger partial charge is 0.126 e. The van der Waals surface area contributed by atoms with E-state index in [0.29, 0.717) is 11.3 Å². The zero-order valence-electron chi connectivity index (χ0n) is 13.3. The molecule has 0 fully saturated rings. The van der Waals surface area contributed by atoms with Gasteiger partial charge in [0.15, 0.2) is 0 Å². The number of halogens is 2. The molecular formula is C19H14F2N4. The van der Waals surface area contributed by atoms with Gasteiger partial charge in [-0.3, -0.25) is 5.10 Å². The standard InChI is InChI=1S/C19H14F2N4/c20-14-6-13(7-15(21)9-14)18-19(25-5-1-2-17(25)23-18)11-3-4-12-10-22-24-16(12)8-11/h3-4,6-10H,1-2,5H2,(H,22,24). The Kier molecular flexibility index (Phi) is 3.00. The summed E-state index contributed by atoms with van der Waals surface area (Å²) in [5.41, 5.74) is 3.85. The van der Waals surface area contributed by atoms with E-state index in [1.165, 1.54) is 12.1 Å². The van der Waals surface area contributed by atoms with Gasteiger partial charge >= 0.3 is 0 Å². The normalized spacial score (nSPS) is 13.5. The van der Waals surface area contributed by atoms with E-state index in [2.05, 4.69) is 14.8 Å². The number of nitrogens with one attached hydrogen (secondary N) is 1. The van der Waals surface area contributed by atoms with Gasteiger partial charge in [-0.15, -0.1) is 0 Å². The summed E-state index contributed by atoms with van der Waals surface area (Å²) in [4.78, 5) is 4.69. The van der Waals surface area contributed by atoms with E-state index in [1.807, 2.05) is 18.2 Å². The number of rotatable bonds is 2. The number of H-pyrrole nitrogens is 1. The van der Waals surface area contributed by atoms with Crippen LogP contribution in [0.5, 0.6) is 0 Å². The molecule has 6 heteroatoms. The summed E-state index contributed by atoms with van der Waals surface area (Å²) in [6.45, 7) is 0.858. The van der Waals surface area contributed by atoms with E-state index in [9.17, 15) is 8.78 Å². The predicted molar refractivity (Wildman–Crippen MR) is 91.0 cm³/mol. The molecule has 0 saturated heterocycles. The number of benzene rings is 2. The van der Waals surface area contributed by atoms with Crippen LogP contribution < -0.4 is 0 Å². The van der Waals surface area contributed by atoms with Gasteiger partial charge in [-0.1, -0.05) is 12.1 Å². The molecule has 2 aromatic carbocycles. The summed E-state index contributed by atoms with van der Waals surface area (Å²) in [6, 6.07) is 9.53. The first-order valence-electron chi connectivity index (χ1n) is 8.18. The lowest BCUT2D eigenvalue weighted by Crippen LogP contribution is -1.96. The molecule has 5 rings (SSSR count). The van der Waals surface area contributed by atoms with Crippen LogP contribution in [0.1, 0.15) is 12.2 Å². The number of aryl methyl sites for hydroxylation is 1. The second-order valence-electron chi connectivity index (χ2n) is 6.31. The minimum atomic E-state index is -0.599. The summed E-state index contributed by atoms with van der Waals surface area (Å²) >= 11 is 0. The number of nitrogens with zero attached hydrogens (tertiary/aromatic N) is 3. The summed E-state index contributed by atoms with van der Waals surface area (Å²) in [5.74, 6) is -0.240. The van der Waals surface area contributed by atoms with E-state index in [4.69, 9.17) is 4.98 Å². The van der Waals surface area contributed by atoms with Crippen LogP contribution >= 0.6 is 0 Å². The predicted octanol–water partition coefficient (Wildman–Crippen LogP) is 4.32. The van der Waals surface area contributed by atoms with Crippen LogP contribution in [0, 0.1) is 11.6 Å². The van der Waals surface area contributed by atoms with Gasteiger partial charge in [-0.25, -0.2) is 13.8 Å². The molecular weight excluding hydrogens is 322 g/mol. The second kappa shape index (κ2) is 5.24. The molecule has 124 valence electrons. The van der Waals surface area contributed by atoms with Gasteiger partial charge in [-0.2, -0.15) is 5.10 Å². The third-order valence-electron chi connectivity index (χ3n) is 4.68. The van der Waals surface area contributed by atoms with Crippen molar-refractivity contribution in [2.24, 2.45) is 0 Å². The van der Waals surface area contributed by atoms with Crippen molar-refractivity contribution in [3.05, 3.63) is 60.1 Å². The van der Waals surface area contributed by atoms with Gasteiger partial charge in [0.05, 0.1) is 23.1 Å². The Morgan fingerprint density at radius 1 is 1.00 bits per heavy atom. The molecule has 0 amide bonds. The minimum Gasteiger partial charge on any atom is -0.327 e. The first-order chi connectivity index (χ1) is 12.2. The first-order valence-corrected chi connectivity index (χ1v) is 8.18. The molecule has 0 unspecified atom stereocenters. The van der Waals surface area contributed by atoms with Gasteiger partial charge in [0.1, 0.15) is 17.5 Å². The molecule has 4 aromatic rings. The van der Waals surface area contributed by atoms with Crippen LogP contribution in [0.15, 0.2) is 42.6 Å². The van der Waals surface area contributed by atoms with Crippen molar-refractivity contribution >= 4 is 10.9 Å². The number of hydrogen-bond acceptors (Lipinski definition) is 2. The quantitative estimate of drug-likeness (QED) is 0.593. The maximum atomic E-state index is 13.7. The van der Waals surface area contributed by atoms with Crippen molar-refractivity contribution < 1.29 is 8.78 Å². The minimum absolute atomic E-state index is 0.458. The van der Waals surface area contributed by atoms with Crippen molar-refractivity contribution in [3.63, 3.8) is 0 Å². The molecule has 0 radical (unpaired) electrons.